The molecule has 1 unspecified atom stereocenters. The molecule has 0 radical (unpaired) electrons. The third-order valence-electron chi connectivity index (χ3n) is 5.49. The summed E-state index contributed by atoms with van der Waals surface area (Å²) in [6.45, 7) is 7.31. The number of ether oxygens (including phenoxy) is 2. The van der Waals surface area contributed by atoms with Gasteiger partial charge in [0.1, 0.15) is 0 Å². The third kappa shape index (κ3) is 3.86. The van der Waals surface area contributed by atoms with Crippen LogP contribution in [0, 0.1) is 0 Å². The second kappa shape index (κ2) is 8.68. The highest BCUT2D eigenvalue weighted by Gasteiger charge is 2.26. The Hall–Kier alpha value is -2.82. The van der Waals surface area contributed by atoms with Gasteiger partial charge in [0.2, 0.25) is 5.82 Å². The molecule has 4 rings (SSSR count). The topological polar surface area (TPSA) is 57.4 Å². The minimum Gasteiger partial charge on any atom is -0.490 e. The summed E-state index contributed by atoms with van der Waals surface area (Å²) in [6, 6.07) is 12.2. The second-order valence-electron chi connectivity index (χ2n) is 7.35. The van der Waals surface area contributed by atoms with Gasteiger partial charge in [-0.1, -0.05) is 36.7 Å². The van der Waals surface area contributed by atoms with E-state index in [0.717, 1.165) is 23.3 Å². The number of rotatable bonds is 8. The van der Waals surface area contributed by atoms with Crippen molar-refractivity contribution in [3.8, 4) is 34.3 Å². The fourth-order valence-corrected chi connectivity index (χ4v) is 4.23. The van der Waals surface area contributed by atoms with Crippen LogP contribution < -0.4 is 9.47 Å². The minimum atomic E-state index is 0.490. The zero-order valence-corrected chi connectivity index (χ0v) is 17.4. The Labute approximate surface area is 172 Å². The predicted molar refractivity (Wildman–Crippen MR) is 113 cm³/mol. The van der Waals surface area contributed by atoms with Gasteiger partial charge in [-0.3, -0.25) is 0 Å². The van der Waals surface area contributed by atoms with Crippen molar-refractivity contribution in [1.82, 2.24) is 10.1 Å². The summed E-state index contributed by atoms with van der Waals surface area (Å²) in [5.74, 6) is 3.21. The Morgan fingerprint density at radius 2 is 1.86 bits per heavy atom. The van der Waals surface area contributed by atoms with Crippen molar-refractivity contribution < 1.29 is 14.0 Å². The number of hydrogen-bond donors (Lipinski definition) is 0. The molecule has 3 aromatic rings. The maximum Gasteiger partial charge on any atom is 0.258 e. The molecule has 0 N–H and O–H groups in total. The van der Waals surface area contributed by atoms with Crippen molar-refractivity contribution in [1.29, 1.82) is 0 Å². The van der Waals surface area contributed by atoms with Gasteiger partial charge < -0.3 is 14.0 Å². The van der Waals surface area contributed by atoms with Crippen LogP contribution in [-0.4, -0.2) is 23.4 Å². The Balaban J connectivity index is 1.66. The quantitative estimate of drug-likeness (QED) is 0.468. The molecule has 1 heterocycles. The molecule has 5 nitrogen and oxygen atoms in total. The summed E-state index contributed by atoms with van der Waals surface area (Å²) >= 11 is 0. The van der Waals surface area contributed by atoms with Crippen molar-refractivity contribution in [2.75, 3.05) is 13.2 Å². The molecule has 1 aliphatic rings. The molecule has 1 aliphatic carbocycles. The molecule has 1 atom stereocenters. The minimum absolute atomic E-state index is 0.490. The van der Waals surface area contributed by atoms with Crippen LogP contribution in [-0.2, 0) is 6.42 Å². The van der Waals surface area contributed by atoms with Gasteiger partial charge in [-0.2, -0.15) is 4.98 Å². The van der Waals surface area contributed by atoms with Crippen molar-refractivity contribution in [3.05, 3.63) is 47.5 Å². The first-order chi connectivity index (χ1) is 14.2. The first kappa shape index (κ1) is 19.5. The first-order valence-electron chi connectivity index (χ1n) is 10.6. The Morgan fingerprint density at radius 1 is 1.03 bits per heavy atom. The SMILES string of the molecule is CCCC1CCc2c(-c3noc(-c4ccc(OCC)c(OCC)c4)n3)cccc21. The van der Waals surface area contributed by atoms with E-state index in [2.05, 4.69) is 30.3 Å². The van der Waals surface area contributed by atoms with Crippen LogP contribution in [0.2, 0.25) is 0 Å². The Kier molecular flexibility index (Phi) is 5.84. The summed E-state index contributed by atoms with van der Waals surface area (Å²) in [4.78, 5) is 4.70. The van der Waals surface area contributed by atoms with Gasteiger partial charge in [-0.15, -0.1) is 0 Å². The molecule has 0 saturated carbocycles. The van der Waals surface area contributed by atoms with E-state index in [4.69, 9.17) is 19.0 Å². The zero-order chi connectivity index (χ0) is 20.2. The van der Waals surface area contributed by atoms with E-state index in [-0.39, 0.29) is 0 Å². The fourth-order valence-electron chi connectivity index (χ4n) is 4.23. The molecule has 0 aliphatic heterocycles. The molecule has 0 fully saturated rings. The molecule has 0 saturated heterocycles. The molecule has 0 bridgehead atoms. The highest BCUT2D eigenvalue weighted by atomic mass is 16.5. The number of hydrogen-bond acceptors (Lipinski definition) is 5. The molecule has 5 heteroatoms. The molecular weight excluding hydrogens is 364 g/mol. The third-order valence-corrected chi connectivity index (χ3v) is 5.49. The van der Waals surface area contributed by atoms with Crippen molar-refractivity contribution in [3.63, 3.8) is 0 Å². The molecular formula is C24H28N2O3. The van der Waals surface area contributed by atoms with Gasteiger partial charge in [-0.05, 0) is 68.4 Å². The molecule has 29 heavy (non-hydrogen) atoms. The molecule has 0 amide bonds. The monoisotopic (exact) mass is 392 g/mol. The van der Waals surface area contributed by atoms with Gasteiger partial charge in [0.25, 0.3) is 5.89 Å². The van der Waals surface area contributed by atoms with E-state index >= 15 is 0 Å². The van der Waals surface area contributed by atoms with E-state index in [1.807, 2.05) is 32.0 Å². The lowest BCUT2D eigenvalue weighted by Crippen LogP contribution is -1.98. The highest BCUT2D eigenvalue weighted by molar-refractivity contribution is 5.67. The van der Waals surface area contributed by atoms with Crippen LogP contribution in [0.3, 0.4) is 0 Å². The summed E-state index contributed by atoms with van der Waals surface area (Å²) in [7, 11) is 0. The average molecular weight is 392 g/mol. The van der Waals surface area contributed by atoms with Crippen LogP contribution in [0.4, 0.5) is 0 Å². The summed E-state index contributed by atoms with van der Waals surface area (Å²) < 4.78 is 17.0. The van der Waals surface area contributed by atoms with Gasteiger partial charge >= 0.3 is 0 Å². The standard InChI is InChI=1S/C24H28N2O3/c1-4-8-16-11-13-19-18(16)9-7-10-20(19)23-25-24(29-26-23)17-12-14-21(27-5-2)22(15-17)28-6-3/h7,9-10,12,14-16H,4-6,8,11,13H2,1-3H3. The number of fused-ring (bicyclic) bond motifs is 1. The number of benzene rings is 2. The summed E-state index contributed by atoms with van der Waals surface area (Å²) in [5, 5.41) is 4.29. The fraction of sp³-hybridized carbons (Fsp3) is 0.417. The molecule has 152 valence electrons. The van der Waals surface area contributed by atoms with Crippen LogP contribution in [0.1, 0.15) is 57.1 Å². The summed E-state index contributed by atoms with van der Waals surface area (Å²) in [5.41, 5.74) is 4.74. The maximum absolute atomic E-state index is 5.72. The molecule has 2 aromatic carbocycles. The van der Waals surface area contributed by atoms with E-state index in [1.54, 1.807) is 0 Å². The van der Waals surface area contributed by atoms with Crippen LogP contribution in [0.25, 0.3) is 22.8 Å². The predicted octanol–water partition coefficient (Wildman–Crippen LogP) is 6.03. The first-order valence-corrected chi connectivity index (χ1v) is 10.6. The second-order valence-corrected chi connectivity index (χ2v) is 7.35. The number of aromatic nitrogens is 2. The van der Waals surface area contributed by atoms with E-state index in [0.29, 0.717) is 36.6 Å². The Bertz CT molecular complexity index is 980. The van der Waals surface area contributed by atoms with E-state index in [1.165, 1.54) is 30.4 Å². The van der Waals surface area contributed by atoms with Gasteiger partial charge in [0, 0.05) is 11.1 Å². The number of nitrogens with zero attached hydrogens (tertiary/aromatic N) is 2. The molecule has 1 aromatic heterocycles. The van der Waals surface area contributed by atoms with Crippen LogP contribution >= 0.6 is 0 Å². The highest BCUT2D eigenvalue weighted by Crippen LogP contribution is 2.41. The van der Waals surface area contributed by atoms with Gasteiger partial charge in [0.05, 0.1) is 13.2 Å². The molecule has 0 spiro atoms. The van der Waals surface area contributed by atoms with Crippen LogP contribution in [0.15, 0.2) is 40.9 Å². The lowest BCUT2D eigenvalue weighted by molar-refractivity contribution is 0.288. The van der Waals surface area contributed by atoms with Crippen molar-refractivity contribution >= 4 is 0 Å². The van der Waals surface area contributed by atoms with E-state index in [9.17, 15) is 0 Å². The van der Waals surface area contributed by atoms with E-state index < -0.39 is 0 Å². The average Bonchev–Trinajstić information content (AvgIpc) is 3.38. The smallest absolute Gasteiger partial charge is 0.258 e. The lowest BCUT2D eigenvalue weighted by atomic mass is 9.95. The maximum atomic E-state index is 5.72. The van der Waals surface area contributed by atoms with Crippen molar-refractivity contribution in [2.45, 2.75) is 52.4 Å². The van der Waals surface area contributed by atoms with Crippen molar-refractivity contribution in [2.24, 2.45) is 0 Å². The largest absolute Gasteiger partial charge is 0.490 e. The van der Waals surface area contributed by atoms with Gasteiger partial charge in [0.15, 0.2) is 11.5 Å². The summed E-state index contributed by atoms with van der Waals surface area (Å²) in [6.07, 6.45) is 4.74. The Morgan fingerprint density at radius 3 is 2.66 bits per heavy atom. The lowest BCUT2D eigenvalue weighted by Gasteiger charge is -2.11. The normalized spacial score (nSPS) is 15.3. The zero-order valence-electron chi connectivity index (χ0n) is 17.4. The van der Waals surface area contributed by atoms with Crippen LogP contribution in [0.5, 0.6) is 11.5 Å². The van der Waals surface area contributed by atoms with Gasteiger partial charge in [-0.25, -0.2) is 0 Å².